The number of nitrogens with zero attached hydrogens (tertiary/aromatic N) is 3. The van der Waals surface area contributed by atoms with Crippen molar-refractivity contribution in [2.75, 3.05) is 19.8 Å². The van der Waals surface area contributed by atoms with Gasteiger partial charge in [-0.05, 0) is 35.2 Å². The summed E-state index contributed by atoms with van der Waals surface area (Å²) in [6, 6.07) is 1.97. The molecule has 1 saturated carbocycles. The van der Waals surface area contributed by atoms with E-state index in [1.165, 1.54) is 19.3 Å². The number of carbonyl (C=O) groups excluding carboxylic acids is 1. The van der Waals surface area contributed by atoms with Crippen LogP contribution in [0.15, 0.2) is 16.8 Å². The molecule has 7 heteroatoms. The van der Waals surface area contributed by atoms with E-state index in [0.717, 1.165) is 30.1 Å². The Bertz CT molecular complexity index is 726. The Kier molecular flexibility index (Phi) is 5.33. The first-order valence-electron chi connectivity index (χ1n) is 9.51. The number of H-pyrrole nitrogens is 1. The highest BCUT2D eigenvalue weighted by molar-refractivity contribution is 7.08. The second-order valence-corrected chi connectivity index (χ2v) is 8.32. The minimum Gasteiger partial charge on any atom is -0.341 e. The van der Waals surface area contributed by atoms with E-state index >= 15 is 0 Å². The van der Waals surface area contributed by atoms with Gasteiger partial charge in [0.05, 0.1) is 13.1 Å². The van der Waals surface area contributed by atoms with E-state index in [9.17, 15) is 9.18 Å². The van der Waals surface area contributed by atoms with Gasteiger partial charge in [0.25, 0.3) is 0 Å². The lowest BCUT2D eigenvalue weighted by Gasteiger charge is -2.18. The van der Waals surface area contributed by atoms with E-state index in [4.69, 9.17) is 4.98 Å². The van der Waals surface area contributed by atoms with E-state index in [-0.39, 0.29) is 17.7 Å². The van der Waals surface area contributed by atoms with Crippen molar-refractivity contribution in [1.82, 2.24) is 20.1 Å². The first-order chi connectivity index (χ1) is 12.7. The molecule has 4 rings (SSSR count). The quantitative estimate of drug-likeness (QED) is 0.866. The Labute approximate surface area is 157 Å². The van der Waals surface area contributed by atoms with Crippen LogP contribution in [0.5, 0.6) is 0 Å². The number of aromatic nitrogens is 3. The lowest BCUT2D eigenvalue weighted by atomic mass is 9.89. The van der Waals surface area contributed by atoms with E-state index in [1.807, 2.05) is 16.8 Å². The smallest absolute Gasteiger partial charge is 0.227 e. The summed E-state index contributed by atoms with van der Waals surface area (Å²) in [4.78, 5) is 19.1. The highest BCUT2D eigenvalue weighted by Crippen LogP contribution is 2.34. The number of nitrogens with one attached hydrogen (secondary N) is 1. The number of alkyl halides is 1. The largest absolute Gasteiger partial charge is 0.341 e. The SMILES string of the molecule is O=C(Cc1ccsc1)N1C[C@@H](CF)[C@H](c2nc(C3CCCCC3)n[nH]2)C1. The van der Waals surface area contributed by atoms with E-state index < -0.39 is 6.67 Å². The van der Waals surface area contributed by atoms with Gasteiger partial charge in [-0.1, -0.05) is 19.3 Å². The van der Waals surface area contributed by atoms with Crippen LogP contribution < -0.4 is 0 Å². The van der Waals surface area contributed by atoms with E-state index in [2.05, 4.69) is 10.2 Å². The predicted molar refractivity (Wildman–Crippen MR) is 99.0 cm³/mol. The molecule has 26 heavy (non-hydrogen) atoms. The molecule has 2 aliphatic rings. The van der Waals surface area contributed by atoms with Crippen molar-refractivity contribution in [3.05, 3.63) is 34.0 Å². The van der Waals surface area contributed by atoms with Crippen LogP contribution in [0.3, 0.4) is 0 Å². The molecule has 0 spiro atoms. The fraction of sp³-hybridized carbons (Fsp3) is 0.632. The molecule has 3 heterocycles. The molecular formula is C19H25FN4OS. The number of thiophene rings is 1. The number of amides is 1. The van der Waals surface area contributed by atoms with Crippen LogP contribution in [-0.2, 0) is 11.2 Å². The number of rotatable bonds is 5. The first kappa shape index (κ1) is 17.6. The van der Waals surface area contributed by atoms with Crippen molar-refractivity contribution in [3.8, 4) is 0 Å². The molecule has 2 atom stereocenters. The molecule has 1 saturated heterocycles. The van der Waals surface area contributed by atoms with Crippen molar-refractivity contribution in [2.45, 2.75) is 50.4 Å². The number of likely N-dealkylation sites (tertiary alicyclic amines) is 1. The first-order valence-corrected chi connectivity index (χ1v) is 10.5. The summed E-state index contributed by atoms with van der Waals surface area (Å²) < 4.78 is 13.6. The van der Waals surface area contributed by atoms with Crippen LogP contribution in [0, 0.1) is 5.92 Å². The minimum atomic E-state index is -0.438. The molecule has 2 fully saturated rings. The normalized spacial score (nSPS) is 24.3. The summed E-state index contributed by atoms with van der Waals surface area (Å²) in [7, 11) is 0. The highest BCUT2D eigenvalue weighted by atomic mass is 32.1. The monoisotopic (exact) mass is 376 g/mol. The second kappa shape index (κ2) is 7.86. The number of hydrogen-bond acceptors (Lipinski definition) is 4. The van der Waals surface area contributed by atoms with Crippen molar-refractivity contribution in [3.63, 3.8) is 0 Å². The fourth-order valence-corrected chi connectivity index (χ4v) is 4.89. The van der Waals surface area contributed by atoms with Crippen LogP contribution in [0.2, 0.25) is 0 Å². The van der Waals surface area contributed by atoms with Gasteiger partial charge in [-0.3, -0.25) is 14.3 Å². The molecule has 0 bridgehead atoms. The number of hydrogen-bond donors (Lipinski definition) is 1. The Morgan fingerprint density at radius 2 is 2.15 bits per heavy atom. The van der Waals surface area contributed by atoms with Crippen molar-refractivity contribution >= 4 is 17.2 Å². The predicted octanol–water partition coefficient (Wildman–Crippen LogP) is 3.67. The summed E-state index contributed by atoms with van der Waals surface area (Å²) in [5, 5.41) is 11.4. The summed E-state index contributed by atoms with van der Waals surface area (Å²) in [5.41, 5.74) is 1.03. The molecular weight excluding hydrogens is 351 g/mol. The third-order valence-corrected chi connectivity index (χ3v) is 6.50. The van der Waals surface area contributed by atoms with Crippen LogP contribution in [0.25, 0.3) is 0 Å². The fourth-order valence-electron chi connectivity index (χ4n) is 4.22. The lowest BCUT2D eigenvalue weighted by Crippen LogP contribution is -2.30. The van der Waals surface area contributed by atoms with Gasteiger partial charge in [0.2, 0.25) is 5.91 Å². The summed E-state index contributed by atoms with van der Waals surface area (Å²) in [6.07, 6.45) is 6.42. The topological polar surface area (TPSA) is 61.9 Å². The molecule has 0 aromatic carbocycles. The molecule has 1 amide bonds. The van der Waals surface area contributed by atoms with Gasteiger partial charge in [-0.15, -0.1) is 0 Å². The highest BCUT2D eigenvalue weighted by Gasteiger charge is 2.38. The third kappa shape index (κ3) is 3.68. The average Bonchev–Trinajstić information content (AvgIpc) is 3.42. The van der Waals surface area contributed by atoms with Crippen molar-refractivity contribution in [1.29, 1.82) is 0 Å². The molecule has 1 aliphatic heterocycles. The summed E-state index contributed by atoms with van der Waals surface area (Å²) in [6.45, 7) is 0.548. The van der Waals surface area contributed by atoms with Crippen LogP contribution in [0.1, 0.15) is 61.2 Å². The van der Waals surface area contributed by atoms with Gasteiger partial charge in [-0.2, -0.15) is 16.4 Å². The number of carbonyl (C=O) groups is 1. The zero-order chi connectivity index (χ0) is 17.9. The van der Waals surface area contributed by atoms with Gasteiger partial charge in [0.15, 0.2) is 5.82 Å². The van der Waals surface area contributed by atoms with E-state index in [0.29, 0.717) is 25.4 Å². The summed E-state index contributed by atoms with van der Waals surface area (Å²) in [5.74, 6) is 1.83. The van der Waals surface area contributed by atoms with Crippen molar-refractivity contribution in [2.24, 2.45) is 5.92 Å². The Balaban J connectivity index is 1.44. The zero-order valence-electron chi connectivity index (χ0n) is 14.9. The maximum Gasteiger partial charge on any atom is 0.227 e. The number of aromatic amines is 1. The summed E-state index contributed by atoms with van der Waals surface area (Å²) >= 11 is 1.59. The molecule has 1 aliphatic carbocycles. The van der Waals surface area contributed by atoms with Crippen molar-refractivity contribution < 1.29 is 9.18 Å². The Morgan fingerprint density at radius 1 is 1.31 bits per heavy atom. The van der Waals surface area contributed by atoms with Gasteiger partial charge >= 0.3 is 0 Å². The maximum atomic E-state index is 13.6. The Morgan fingerprint density at radius 3 is 2.88 bits per heavy atom. The molecule has 5 nitrogen and oxygen atoms in total. The molecule has 140 valence electrons. The second-order valence-electron chi connectivity index (χ2n) is 7.54. The standard InChI is InChI=1S/C19H25FN4OS/c20-9-15-10-24(17(25)8-13-6-7-26-12-13)11-16(15)19-21-18(22-23-19)14-4-2-1-3-5-14/h6-7,12,14-16H,1-5,8-11H2,(H,21,22,23)/t15-,16-/m1/s1. The van der Waals surface area contributed by atoms with Gasteiger partial charge in [0.1, 0.15) is 5.82 Å². The van der Waals surface area contributed by atoms with Gasteiger partial charge in [-0.25, -0.2) is 4.98 Å². The van der Waals surface area contributed by atoms with Crippen LogP contribution in [-0.4, -0.2) is 45.8 Å². The van der Waals surface area contributed by atoms with E-state index in [1.54, 1.807) is 16.2 Å². The Hall–Kier alpha value is -1.76. The average molecular weight is 377 g/mol. The number of halogens is 1. The minimum absolute atomic E-state index is 0.0661. The third-order valence-electron chi connectivity index (χ3n) is 5.77. The van der Waals surface area contributed by atoms with Gasteiger partial charge in [0, 0.05) is 30.8 Å². The molecule has 2 aromatic rings. The zero-order valence-corrected chi connectivity index (χ0v) is 15.7. The van der Waals surface area contributed by atoms with Crippen LogP contribution in [0.4, 0.5) is 4.39 Å². The lowest BCUT2D eigenvalue weighted by molar-refractivity contribution is -0.129. The molecule has 1 N–H and O–H groups in total. The molecule has 0 radical (unpaired) electrons. The maximum absolute atomic E-state index is 13.6. The molecule has 2 aromatic heterocycles. The molecule has 0 unspecified atom stereocenters. The van der Waals surface area contributed by atoms with Crippen LogP contribution >= 0.6 is 11.3 Å². The van der Waals surface area contributed by atoms with Gasteiger partial charge < -0.3 is 4.90 Å².